The molecule has 0 radical (unpaired) electrons. The smallest absolute Gasteiger partial charge is 0.120 e. The van der Waals surface area contributed by atoms with Gasteiger partial charge in [-0.15, -0.1) is 6.58 Å². The van der Waals surface area contributed by atoms with Gasteiger partial charge in [0.2, 0.25) is 0 Å². The van der Waals surface area contributed by atoms with Crippen LogP contribution in [0.15, 0.2) is 265 Å². The largest absolute Gasteiger partial charge is 0.493 e. The molecule has 10 atom stereocenters. The predicted octanol–water partition coefficient (Wildman–Crippen LogP) is 23.5. The minimum Gasteiger partial charge on any atom is -0.493 e. The summed E-state index contributed by atoms with van der Waals surface area (Å²) in [6, 6.07) is 47.4. The fourth-order valence-corrected chi connectivity index (χ4v) is 18.9. The summed E-state index contributed by atoms with van der Waals surface area (Å²) in [4.78, 5) is 5.44. The van der Waals surface area contributed by atoms with Gasteiger partial charge in [0.1, 0.15) is 17.6 Å². The second-order valence-electron chi connectivity index (χ2n) is 29.3. The SMILES string of the molecule is C=Cc1ccc(OCC(CC)CCCCC2(c3ccccc3)C3=C(CCC=C3)c3ccc(N(c4ccc(C5=CC6C7=CC(C8=CC9OC%10=CC=CCC%10C9CC8)CC=C7N(C7CC=C(C8=CCC(C=C)CC8)CC7)C6C=C5)cc4)c4ccc(C5=CCCCC5)cc4)cc32)cc1. The van der Waals surface area contributed by atoms with E-state index in [4.69, 9.17) is 9.47 Å². The highest BCUT2D eigenvalue weighted by Crippen LogP contribution is 2.58. The molecule has 0 bridgehead atoms. The molecule has 482 valence electrons. The van der Waals surface area contributed by atoms with Crippen LogP contribution in [-0.4, -0.2) is 29.7 Å². The third-order valence-electron chi connectivity index (χ3n) is 24.1. The lowest BCUT2D eigenvalue weighted by atomic mass is 9.67. The summed E-state index contributed by atoms with van der Waals surface area (Å²) in [7, 11) is 0. The quantitative estimate of drug-likeness (QED) is 0.0573. The monoisotopic (exact) mass is 1250 g/mol. The molecule has 11 aliphatic rings. The molecule has 95 heavy (non-hydrogen) atoms. The van der Waals surface area contributed by atoms with Crippen LogP contribution in [0.1, 0.15) is 175 Å². The van der Waals surface area contributed by atoms with Crippen LogP contribution in [0.3, 0.4) is 0 Å². The second-order valence-corrected chi connectivity index (χ2v) is 29.3. The summed E-state index contributed by atoms with van der Waals surface area (Å²) in [5, 5.41) is 0. The van der Waals surface area contributed by atoms with Gasteiger partial charge in [0.25, 0.3) is 0 Å². The summed E-state index contributed by atoms with van der Waals surface area (Å²) in [5.41, 5.74) is 25.0. The molecule has 5 aromatic rings. The Labute approximate surface area is 567 Å². The topological polar surface area (TPSA) is 24.9 Å². The summed E-state index contributed by atoms with van der Waals surface area (Å²) < 4.78 is 13.1. The van der Waals surface area contributed by atoms with Gasteiger partial charge in [-0.05, 0) is 260 Å². The highest BCUT2D eigenvalue weighted by atomic mass is 16.5. The fourth-order valence-electron chi connectivity index (χ4n) is 18.9. The molecular weight excluding hydrogens is 1150 g/mol. The van der Waals surface area contributed by atoms with E-state index in [0.29, 0.717) is 41.7 Å². The van der Waals surface area contributed by atoms with E-state index >= 15 is 0 Å². The van der Waals surface area contributed by atoms with Crippen molar-refractivity contribution in [1.29, 1.82) is 0 Å². The van der Waals surface area contributed by atoms with E-state index in [2.05, 4.69) is 242 Å². The number of hydrogen-bond donors (Lipinski definition) is 0. The molecule has 2 saturated heterocycles. The van der Waals surface area contributed by atoms with E-state index in [9.17, 15) is 0 Å². The van der Waals surface area contributed by atoms with Crippen LogP contribution in [-0.2, 0) is 10.2 Å². The molecule has 10 unspecified atom stereocenters. The van der Waals surface area contributed by atoms with Crippen molar-refractivity contribution >= 4 is 39.9 Å². The van der Waals surface area contributed by atoms with Crippen LogP contribution >= 0.6 is 0 Å². The average molecular weight is 1250 g/mol. The number of ether oxygens (including phenoxy) is 2. The van der Waals surface area contributed by atoms with E-state index in [1.807, 2.05) is 6.08 Å². The van der Waals surface area contributed by atoms with Crippen LogP contribution in [0.4, 0.5) is 17.1 Å². The lowest BCUT2D eigenvalue weighted by Crippen LogP contribution is -2.40. The molecule has 0 aromatic heterocycles. The van der Waals surface area contributed by atoms with Gasteiger partial charge in [-0.25, -0.2) is 0 Å². The molecule has 0 amide bonds. The Morgan fingerprint density at radius 2 is 1.52 bits per heavy atom. The highest BCUT2D eigenvalue weighted by molar-refractivity contribution is 5.89. The molecule has 2 heterocycles. The fraction of sp³-hybridized carbons (Fsp3) is 0.363. The van der Waals surface area contributed by atoms with E-state index < -0.39 is 0 Å². The van der Waals surface area contributed by atoms with E-state index in [1.165, 1.54) is 136 Å². The first-order chi connectivity index (χ1) is 46.9. The van der Waals surface area contributed by atoms with Gasteiger partial charge >= 0.3 is 0 Å². The maximum Gasteiger partial charge on any atom is 0.120 e. The van der Waals surface area contributed by atoms with Crippen molar-refractivity contribution in [3.05, 3.63) is 298 Å². The Kier molecular flexibility index (Phi) is 17.5. The predicted molar refractivity (Wildman–Crippen MR) is 397 cm³/mol. The molecule has 9 aliphatic carbocycles. The lowest BCUT2D eigenvalue weighted by molar-refractivity contribution is 0.161. The molecular formula is C91H96N2O2. The Morgan fingerprint density at radius 3 is 2.27 bits per heavy atom. The molecule has 4 heteroatoms. The Bertz CT molecular complexity index is 4130. The number of allylic oxidation sites excluding steroid dienone is 20. The molecule has 2 aliphatic heterocycles. The maximum atomic E-state index is 6.73. The van der Waals surface area contributed by atoms with Gasteiger partial charge in [0, 0.05) is 57.9 Å². The van der Waals surface area contributed by atoms with Crippen molar-refractivity contribution in [3.63, 3.8) is 0 Å². The van der Waals surface area contributed by atoms with E-state index in [1.54, 1.807) is 16.7 Å². The van der Waals surface area contributed by atoms with Crippen LogP contribution in [0.5, 0.6) is 5.75 Å². The number of likely N-dealkylation sites (tertiary alicyclic amines) is 1. The van der Waals surface area contributed by atoms with Crippen LogP contribution in [0.25, 0.3) is 22.8 Å². The lowest BCUT2D eigenvalue weighted by Gasteiger charge is -2.39. The molecule has 2 fully saturated rings. The number of rotatable bonds is 20. The zero-order valence-corrected chi connectivity index (χ0v) is 56.2. The van der Waals surface area contributed by atoms with Gasteiger partial charge in [0.15, 0.2) is 0 Å². The standard InChI is InChI=1S/C91H96N2O2/c1-4-62-28-32-66(33-29-62)68-36-47-76(48-37-68)93-87-54-41-70(57-83(87)84-58-71(42-55-88(84)93)72-40-52-82-81-25-14-16-27-89(81)95-90(82)59-72)69-38-45-75(46-39-69)92(74-43-34-67(35-44-74)65-20-9-7-10-21-65)77-49-53-80-79-24-13-15-26-85(79)91(86(80)60-77,73-22-11-8-12-23-73)56-18-17-19-64(6-3)61-94-78-50-30-63(5-2)31-51-78/h4-5,8,11-12,14-16,20,22-23,26-27,30-32,34-36,38-39,41,43-46,49-51,53-55,57-60,62,64,71,76,81-83,87,90H,1-2,6-7,9-10,13,17-19,21,24-25,28-29,33,37,40,42,47-48,52,56,61H2,3H3. The zero-order chi connectivity index (χ0) is 63.8. The van der Waals surface area contributed by atoms with Crippen molar-refractivity contribution in [2.45, 2.75) is 165 Å². The van der Waals surface area contributed by atoms with E-state index in [0.717, 1.165) is 101 Å². The van der Waals surface area contributed by atoms with Gasteiger partial charge in [0.05, 0.1) is 12.6 Å². The highest BCUT2D eigenvalue weighted by Gasteiger charge is 2.48. The second kappa shape index (κ2) is 27.0. The molecule has 0 spiro atoms. The number of anilines is 3. The van der Waals surface area contributed by atoms with Gasteiger partial charge in [-0.2, -0.15) is 0 Å². The molecule has 4 nitrogen and oxygen atoms in total. The van der Waals surface area contributed by atoms with Crippen LogP contribution < -0.4 is 9.64 Å². The number of nitrogens with zero attached hydrogens (tertiary/aromatic N) is 2. The summed E-state index contributed by atoms with van der Waals surface area (Å²) in [6.07, 6.45) is 63.4. The van der Waals surface area contributed by atoms with Crippen molar-refractivity contribution in [1.82, 2.24) is 4.90 Å². The minimum atomic E-state index is -0.276. The van der Waals surface area contributed by atoms with E-state index in [-0.39, 0.29) is 17.4 Å². The van der Waals surface area contributed by atoms with Crippen molar-refractivity contribution in [3.8, 4) is 5.75 Å². The summed E-state index contributed by atoms with van der Waals surface area (Å²) in [6.45, 7) is 11.1. The number of fused-ring (bicyclic) bond motifs is 8. The maximum absolute atomic E-state index is 6.73. The first-order valence-corrected chi connectivity index (χ1v) is 36.9. The number of unbranched alkanes of at least 4 members (excludes halogenated alkanes) is 1. The van der Waals surface area contributed by atoms with Crippen molar-refractivity contribution in [2.24, 2.45) is 35.5 Å². The first-order valence-electron chi connectivity index (χ1n) is 36.9. The molecule has 0 N–H and O–H groups in total. The Hall–Kier alpha value is -8.34. The zero-order valence-electron chi connectivity index (χ0n) is 56.2. The van der Waals surface area contributed by atoms with Crippen LogP contribution in [0.2, 0.25) is 0 Å². The van der Waals surface area contributed by atoms with Crippen LogP contribution in [0, 0.1) is 35.5 Å². The van der Waals surface area contributed by atoms with Gasteiger partial charge < -0.3 is 19.3 Å². The average Bonchev–Trinajstić information content (AvgIpc) is 1.57. The Morgan fingerprint density at radius 1 is 0.705 bits per heavy atom. The van der Waals surface area contributed by atoms with Gasteiger partial charge in [-0.1, -0.05) is 196 Å². The minimum absolute atomic E-state index is 0.197. The third-order valence-corrected chi connectivity index (χ3v) is 24.1. The van der Waals surface area contributed by atoms with Crippen molar-refractivity contribution in [2.75, 3.05) is 11.5 Å². The third kappa shape index (κ3) is 11.9. The summed E-state index contributed by atoms with van der Waals surface area (Å²) in [5.74, 6) is 5.08. The van der Waals surface area contributed by atoms with Crippen molar-refractivity contribution < 1.29 is 9.47 Å². The normalized spacial score (nSPS) is 27.3. The number of hydrogen-bond acceptors (Lipinski definition) is 4. The molecule has 5 aromatic carbocycles. The number of benzene rings is 5. The molecule has 0 saturated carbocycles. The molecule has 16 rings (SSSR count). The summed E-state index contributed by atoms with van der Waals surface area (Å²) >= 11 is 0. The Balaban J connectivity index is 0.720. The van der Waals surface area contributed by atoms with Gasteiger partial charge in [-0.3, -0.25) is 0 Å². The first kappa shape index (κ1) is 61.5.